The number of carbonyl (C=O) groups excluding carboxylic acids is 1. The van der Waals surface area contributed by atoms with Gasteiger partial charge in [-0.15, -0.1) is 12.6 Å². The number of hydrogen-bond acceptors (Lipinski definition) is 7. The van der Waals surface area contributed by atoms with E-state index in [1.54, 1.807) is 70.3 Å². The van der Waals surface area contributed by atoms with Gasteiger partial charge in [0.25, 0.3) is 10.4 Å². The molecule has 0 aliphatic carbocycles. The first kappa shape index (κ1) is 50.4. The number of hydrogen-bond donors (Lipinski definition) is 2. The first-order valence-electron chi connectivity index (χ1n) is 13.9. The maximum Gasteiger partial charge on any atom is 0.285 e. The van der Waals surface area contributed by atoms with E-state index in [1.165, 1.54) is 53.4 Å². The highest BCUT2D eigenvalue weighted by atomic mass is 79.9. The predicted molar refractivity (Wildman–Crippen MR) is 229 cm³/mol. The second-order valence-corrected chi connectivity index (χ2v) is 16.2. The fraction of sp³-hybridized carbons (Fsp3) is 0.182. The molecule has 19 heteroatoms. The Morgan fingerprint density at radius 2 is 1.12 bits per heavy atom. The molecule has 1 N–H and O–H groups in total. The number of thioether (sulfide) groups is 1. The fourth-order valence-electron chi connectivity index (χ4n) is 2.45. The molecule has 0 radical (unpaired) electrons. The smallest absolute Gasteiger partial charge is 0.285 e. The van der Waals surface area contributed by atoms with Crippen LogP contribution in [0.5, 0.6) is 11.5 Å². The quantitative estimate of drug-likeness (QED) is 0.0514. The molecule has 0 unspecified atom stereocenters. The number of thiol groups is 1. The lowest BCUT2D eigenvalue weighted by Gasteiger charge is -2.14. The van der Waals surface area contributed by atoms with Crippen LogP contribution >= 0.6 is 124 Å². The third-order valence-electron chi connectivity index (χ3n) is 5.08. The summed E-state index contributed by atoms with van der Waals surface area (Å²) in [5.41, 5.74) is 0. The van der Waals surface area contributed by atoms with Crippen molar-refractivity contribution in [1.29, 1.82) is 0 Å². The van der Waals surface area contributed by atoms with E-state index in [1.807, 2.05) is 0 Å². The van der Waals surface area contributed by atoms with Gasteiger partial charge in [0.15, 0.2) is 4.45 Å². The maximum atomic E-state index is 12.8. The zero-order valence-corrected chi connectivity index (χ0v) is 38.6. The van der Waals surface area contributed by atoms with Gasteiger partial charge in [-0.2, -0.15) is 0 Å². The molecule has 0 aliphatic heterocycles. The number of ether oxygens (including phenoxy) is 1. The molecule has 0 atom stereocenters. The molecule has 0 saturated heterocycles. The number of halogens is 9. The lowest BCUT2D eigenvalue weighted by Crippen LogP contribution is -2.25. The molecule has 284 valence electrons. The van der Waals surface area contributed by atoms with Crippen molar-refractivity contribution in [2.24, 2.45) is 0 Å². The van der Waals surface area contributed by atoms with Gasteiger partial charge in [0, 0.05) is 73.2 Å². The van der Waals surface area contributed by atoms with Crippen LogP contribution in [0.3, 0.4) is 0 Å². The molecule has 0 bridgehead atoms. The minimum Gasteiger partial charge on any atom is -0.507 e. The van der Waals surface area contributed by atoms with E-state index in [4.69, 9.17) is 33.7 Å². The topological polar surface area (TPSA) is 56.3 Å². The Balaban J connectivity index is 0.000000645. The van der Waals surface area contributed by atoms with Crippen LogP contribution in [0.4, 0.5) is 22.4 Å². The number of rotatable bonds is 2. The van der Waals surface area contributed by atoms with E-state index in [2.05, 4.69) is 88.6 Å². The van der Waals surface area contributed by atoms with Gasteiger partial charge in [0.2, 0.25) is 0 Å². The van der Waals surface area contributed by atoms with Crippen molar-refractivity contribution < 1.29 is 32.2 Å². The van der Waals surface area contributed by atoms with Crippen LogP contribution in [0.2, 0.25) is 0 Å². The number of phenols is 1. The molecule has 4 aromatic rings. The molecule has 6 nitrogen and oxygen atoms in total. The van der Waals surface area contributed by atoms with Crippen LogP contribution in [0.1, 0.15) is 0 Å². The van der Waals surface area contributed by atoms with Crippen LogP contribution in [0.15, 0.2) is 100 Å². The summed E-state index contributed by atoms with van der Waals surface area (Å²) in [4.78, 5) is 17.3. The van der Waals surface area contributed by atoms with Gasteiger partial charge >= 0.3 is 0 Å². The van der Waals surface area contributed by atoms with Crippen molar-refractivity contribution >= 4 is 139 Å². The molecule has 52 heavy (non-hydrogen) atoms. The Labute approximate surface area is 360 Å². The van der Waals surface area contributed by atoms with Crippen LogP contribution < -0.4 is 4.74 Å². The molecule has 0 fully saturated rings. The lowest BCUT2D eigenvalue weighted by atomic mass is 10.3. The zero-order chi connectivity index (χ0) is 40.3. The number of amides is 1. The Bertz CT molecular complexity index is 1680. The van der Waals surface area contributed by atoms with E-state index in [0.29, 0.717) is 28.9 Å². The molecule has 4 aromatic carbocycles. The van der Waals surface area contributed by atoms with Crippen LogP contribution in [0.25, 0.3) is 0 Å². The highest BCUT2D eigenvalue weighted by Crippen LogP contribution is 2.30. The lowest BCUT2D eigenvalue weighted by molar-refractivity contribution is 0.241. The van der Waals surface area contributed by atoms with Gasteiger partial charge in [-0.3, -0.25) is 4.79 Å². The highest BCUT2D eigenvalue weighted by molar-refractivity contribution is 9.11. The molecule has 0 spiro atoms. The summed E-state index contributed by atoms with van der Waals surface area (Å²) in [6.45, 7) is 0. The number of aromatic hydroxyl groups is 1. The highest BCUT2D eigenvalue weighted by Gasteiger charge is 2.10. The van der Waals surface area contributed by atoms with Crippen molar-refractivity contribution in [3.63, 3.8) is 0 Å². The Morgan fingerprint density at radius 1 is 0.692 bits per heavy atom. The molecular weight excluding hydrogens is 1050 g/mol. The van der Waals surface area contributed by atoms with Crippen LogP contribution in [0, 0.1) is 23.3 Å². The predicted octanol–water partition coefficient (Wildman–Crippen LogP) is 12.4. The number of nitrogens with zero attached hydrogens (tertiary/aromatic N) is 3. The van der Waals surface area contributed by atoms with Gasteiger partial charge in [0.1, 0.15) is 34.8 Å². The number of thiocarbonyl (C=S) groups is 2. The van der Waals surface area contributed by atoms with E-state index in [-0.39, 0.29) is 33.6 Å². The summed E-state index contributed by atoms with van der Waals surface area (Å²) >= 11 is 32.4. The standard InChI is InChI=1S/2C9H9BrFNOS.C6H4BrFO.C6H4BrFS.C3H6ClNS/c1-12(2)9(13)14-8-5-6(11)3-4-7(8)10;1-12(2)9(14)13-8-5-6(11)3-4-7(8)10;2*7-5-2-1-4(8)3-6(5)9;1-5(2)3(4)6/h2*3-5H,1-2H3;2*1-3,9H;1-2H3. The molecular formula is C33H32Br4ClF4N3O3S4. The van der Waals surface area contributed by atoms with Crippen molar-refractivity contribution in [3.8, 4) is 11.5 Å². The summed E-state index contributed by atoms with van der Waals surface area (Å²) in [7, 11) is 10.4. The average molecular weight is 1080 g/mol. The first-order chi connectivity index (χ1) is 24.0. The Kier molecular flexibility index (Phi) is 25.4. The summed E-state index contributed by atoms with van der Waals surface area (Å²) in [6.07, 6.45) is 0. The first-order valence-corrected chi connectivity index (χ1v) is 19.5. The SMILES string of the molecule is CN(C)C(=O)Sc1cc(F)ccc1Br.CN(C)C(=S)Cl.CN(C)C(=S)Oc1cc(F)ccc1Br.Fc1ccc(Br)c(S)c1.Oc1cc(F)ccc1Br. The van der Waals surface area contributed by atoms with Gasteiger partial charge in [0.05, 0.1) is 8.95 Å². The third-order valence-corrected chi connectivity index (χ3v) is 11.0. The number of benzene rings is 4. The minimum absolute atomic E-state index is 0.0741. The number of phenolic OH excluding ortho intramolecular Hbond substituents is 1. The Morgan fingerprint density at radius 3 is 1.52 bits per heavy atom. The van der Waals surface area contributed by atoms with Gasteiger partial charge in [-0.1, -0.05) is 11.6 Å². The van der Waals surface area contributed by atoms with Crippen LogP contribution in [-0.2, 0) is 0 Å². The molecule has 0 heterocycles. The maximum absolute atomic E-state index is 12.8. The summed E-state index contributed by atoms with van der Waals surface area (Å²) < 4.78 is 58.5. The largest absolute Gasteiger partial charge is 0.507 e. The second kappa shape index (κ2) is 26.2. The van der Waals surface area contributed by atoms with Gasteiger partial charge in [-0.05, 0) is 161 Å². The van der Waals surface area contributed by atoms with E-state index in [9.17, 15) is 22.4 Å². The van der Waals surface area contributed by atoms with E-state index >= 15 is 0 Å². The normalized spacial score (nSPS) is 9.54. The fourth-order valence-corrected chi connectivity index (χ4v) is 4.76. The van der Waals surface area contributed by atoms with Gasteiger partial charge in [-0.25, -0.2) is 17.6 Å². The van der Waals surface area contributed by atoms with Gasteiger partial charge < -0.3 is 24.5 Å². The molecule has 4 rings (SSSR count). The second-order valence-electron chi connectivity index (χ2n) is 10.0. The van der Waals surface area contributed by atoms with Crippen molar-refractivity contribution in [2.75, 3.05) is 42.3 Å². The summed E-state index contributed by atoms with van der Waals surface area (Å²) in [5, 5.41) is 8.97. The molecule has 0 aliphatic rings. The summed E-state index contributed by atoms with van der Waals surface area (Å²) in [5.74, 6) is -1.09. The number of carbonyl (C=O) groups is 1. The third kappa shape index (κ3) is 21.9. The van der Waals surface area contributed by atoms with Crippen molar-refractivity contribution in [2.45, 2.75) is 9.79 Å². The molecule has 0 aromatic heterocycles. The average Bonchev–Trinajstić information content (AvgIpc) is 3.05. The molecule has 0 saturated carbocycles. The summed E-state index contributed by atoms with van der Waals surface area (Å²) in [6, 6.07) is 16.6. The zero-order valence-electron chi connectivity index (χ0n) is 28.1. The van der Waals surface area contributed by atoms with Crippen molar-refractivity contribution in [3.05, 3.63) is 114 Å². The monoisotopic (exact) mass is 1070 g/mol. The van der Waals surface area contributed by atoms with E-state index < -0.39 is 5.82 Å². The Hall–Kier alpha value is -1.64. The van der Waals surface area contributed by atoms with E-state index in [0.717, 1.165) is 26.8 Å². The molecule has 1 amide bonds. The minimum atomic E-state index is -0.435. The van der Waals surface area contributed by atoms with Crippen molar-refractivity contribution in [1.82, 2.24) is 14.7 Å². The van der Waals surface area contributed by atoms with Crippen LogP contribution in [-0.4, -0.2) is 77.0 Å².